The molecule has 0 aliphatic rings. The number of benzene rings is 2. The quantitative estimate of drug-likeness (QED) is 0.779. The van der Waals surface area contributed by atoms with E-state index >= 15 is 0 Å². The number of carbonyl (C=O) groups is 1. The maximum atomic E-state index is 12.1. The number of hydrogen-bond donors (Lipinski definition) is 1. The van der Waals surface area contributed by atoms with Crippen LogP contribution in [0.25, 0.3) is 0 Å². The minimum absolute atomic E-state index is 0.135. The third kappa shape index (κ3) is 4.89. The van der Waals surface area contributed by atoms with E-state index in [1.165, 1.54) is 5.56 Å². The van der Waals surface area contributed by atoms with Gasteiger partial charge in [-0.15, -0.1) is 0 Å². The van der Waals surface area contributed by atoms with Gasteiger partial charge in [-0.3, -0.25) is 4.79 Å². The summed E-state index contributed by atoms with van der Waals surface area (Å²) in [5, 5.41) is 2.83. The Bertz CT molecular complexity index is 675. The molecule has 134 valence electrons. The zero-order chi connectivity index (χ0) is 18.2. The van der Waals surface area contributed by atoms with E-state index in [1.807, 2.05) is 24.3 Å². The van der Waals surface area contributed by atoms with E-state index in [9.17, 15) is 4.79 Å². The molecule has 1 amide bonds. The van der Waals surface area contributed by atoms with Gasteiger partial charge in [-0.1, -0.05) is 32.0 Å². The number of anilines is 1. The summed E-state index contributed by atoms with van der Waals surface area (Å²) in [4.78, 5) is 12.1. The Morgan fingerprint density at radius 2 is 1.64 bits per heavy atom. The zero-order valence-electron chi connectivity index (χ0n) is 15.2. The molecule has 1 unspecified atom stereocenters. The number of ether oxygens (including phenoxy) is 3. The molecule has 0 aromatic heterocycles. The van der Waals surface area contributed by atoms with Crippen LogP contribution < -0.4 is 19.5 Å². The number of carbonyl (C=O) groups excluding carboxylic acids is 1. The molecule has 25 heavy (non-hydrogen) atoms. The summed E-state index contributed by atoms with van der Waals surface area (Å²) >= 11 is 0. The topological polar surface area (TPSA) is 56.8 Å². The predicted octanol–water partition coefficient (Wildman–Crippen LogP) is 4.23. The van der Waals surface area contributed by atoms with Crippen LogP contribution in [0.3, 0.4) is 0 Å². The van der Waals surface area contributed by atoms with Gasteiger partial charge >= 0.3 is 0 Å². The highest BCUT2D eigenvalue weighted by Gasteiger charge is 2.13. The van der Waals surface area contributed by atoms with Crippen LogP contribution in [-0.4, -0.2) is 26.7 Å². The van der Waals surface area contributed by atoms with Gasteiger partial charge in [0.05, 0.1) is 14.2 Å². The van der Waals surface area contributed by atoms with Crippen LogP contribution in [0.1, 0.15) is 31.7 Å². The first-order valence-electron chi connectivity index (χ1n) is 8.32. The Hall–Kier alpha value is -2.69. The fourth-order valence-corrected chi connectivity index (χ4v) is 2.42. The van der Waals surface area contributed by atoms with Crippen molar-refractivity contribution >= 4 is 11.6 Å². The van der Waals surface area contributed by atoms with Crippen LogP contribution >= 0.6 is 0 Å². The summed E-state index contributed by atoms with van der Waals surface area (Å²) in [6.07, 6.45) is 1.08. The Morgan fingerprint density at radius 3 is 2.16 bits per heavy atom. The van der Waals surface area contributed by atoms with E-state index in [4.69, 9.17) is 14.2 Å². The molecule has 2 rings (SSSR count). The maximum Gasteiger partial charge on any atom is 0.262 e. The van der Waals surface area contributed by atoms with Crippen molar-refractivity contribution in [1.82, 2.24) is 0 Å². The second-order valence-electron chi connectivity index (χ2n) is 5.76. The number of para-hydroxylation sites is 1. The van der Waals surface area contributed by atoms with Crippen molar-refractivity contribution in [1.29, 1.82) is 0 Å². The first-order valence-corrected chi connectivity index (χ1v) is 8.32. The lowest BCUT2D eigenvalue weighted by Crippen LogP contribution is -2.20. The fraction of sp³-hybridized carbons (Fsp3) is 0.350. The lowest BCUT2D eigenvalue weighted by atomic mass is 9.99. The second kappa shape index (κ2) is 8.97. The third-order valence-corrected chi connectivity index (χ3v) is 4.11. The van der Waals surface area contributed by atoms with Crippen molar-refractivity contribution in [3.8, 4) is 17.2 Å². The van der Waals surface area contributed by atoms with Gasteiger partial charge in [0.25, 0.3) is 5.91 Å². The van der Waals surface area contributed by atoms with E-state index in [0.29, 0.717) is 23.2 Å². The third-order valence-electron chi connectivity index (χ3n) is 4.11. The summed E-state index contributed by atoms with van der Waals surface area (Å²) < 4.78 is 16.1. The molecule has 0 bridgehead atoms. The second-order valence-corrected chi connectivity index (χ2v) is 5.76. The maximum absolute atomic E-state index is 12.1. The number of methoxy groups -OCH3 is 2. The van der Waals surface area contributed by atoms with E-state index in [-0.39, 0.29) is 12.5 Å². The van der Waals surface area contributed by atoms with Crippen LogP contribution in [0, 0.1) is 0 Å². The molecular weight excluding hydrogens is 318 g/mol. The van der Waals surface area contributed by atoms with Crippen LogP contribution in [0.4, 0.5) is 5.69 Å². The molecule has 0 radical (unpaired) electrons. The first kappa shape index (κ1) is 18.6. The Kier molecular flexibility index (Phi) is 6.69. The van der Waals surface area contributed by atoms with Crippen LogP contribution in [0.2, 0.25) is 0 Å². The molecule has 2 aromatic carbocycles. The van der Waals surface area contributed by atoms with E-state index < -0.39 is 0 Å². The smallest absolute Gasteiger partial charge is 0.262 e. The van der Waals surface area contributed by atoms with Gasteiger partial charge < -0.3 is 19.5 Å². The van der Waals surface area contributed by atoms with E-state index in [2.05, 4.69) is 19.2 Å². The van der Waals surface area contributed by atoms with Crippen molar-refractivity contribution in [3.05, 3.63) is 48.0 Å². The van der Waals surface area contributed by atoms with Crippen LogP contribution in [0.15, 0.2) is 42.5 Å². The molecule has 0 spiro atoms. The Morgan fingerprint density at radius 1 is 1.04 bits per heavy atom. The predicted molar refractivity (Wildman–Crippen MR) is 98.8 cm³/mol. The monoisotopic (exact) mass is 343 g/mol. The molecule has 0 saturated carbocycles. The van der Waals surface area contributed by atoms with Gasteiger partial charge in [0.2, 0.25) is 5.75 Å². The molecule has 0 heterocycles. The van der Waals surface area contributed by atoms with Gasteiger partial charge in [0.15, 0.2) is 18.1 Å². The van der Waals surface area contributed by atoms with Gasteiger partial charge in [-0.2, -0.15) is 0 Å². The summed E-state index contributed by atoms with van der Waals surface area (Å²) in [6.45, 7) is 4.20. The first-order chi connectivity index (χ1) is 12.1. The molecular formula is C20H25NO4. The lowest BCUT2D eigenvalue weighted by Gasteiger charge is -2.14. The Balaban J connectivity index is 1.97. The van der Waals surface area contributed by atoms with Crippen LogP contribution in [0.5, 0.6) is 17.2 Å². The number of nitrogens with one attached hydrogen (secondary N) is 1. The van der Waals surface area contributed by atoms with Crippen molar-refractivity contribution < 1.29 is 19.0 Å². The minimum Gasteiger partial charge on any atom is -0.493 e. The highest BCUT2D eigenvalue weighted by atomic mass is 16.5. The fourth-order valence-electron chi connectivity index (χ4n) is 2.42. The largest absolute Gasteiger partial charge is 0.493 e. The van der Waals surface area contributed by atoms with Crippen LogP contribution in [-0.2, 0) is 4.79 Å². The summed E-state index contributed by atoms with van der Waals surface area (Å²) in [7, 11) is 3.08. The number of amides is 1. The highest BCUT2D eigenvalue weighted by Crippen LogP contribution is 2.36. The molecule has 5 heteroatoms. The molecule has 0 saturated heterocycles. The van der Waals surface area contributed by atoms with Crippen molar-refractivity contribution in [2.24, 2.45) is 0 Å². The number of rotatable bonds is 8. The minimum atomic E-state index is -0.246. The summed E-state index contributed by atoms with van der Waals surface area (Å²) in [5.41, 5.74) is 2.00. The van der Waals surface area contributed by atoms with E-state index in [0.717, 1.165) is 12.1 Å². The Labute approximate surface area is 148 Å². The molecule has 1 atom stereocenters. The van der Waals surface area contributed by atoms with Gasteiger partial charge in [-0.05, 0) is 42.2 Å². The van der Waals surface area contributed by atoms with Gasteiger partial charge in [0, 0.05) is 5.69 Å². The standard InChI is InChI=1S/C20H25NO4/c1-5-14(2)15-9-11-16(12-10-15)21-19(22)13-25-20-17(23-3)7-6-8-18(20)24-4/h6-12,14H,5,13H2,1-4H3,(H,21,22). The van der Waals surface area contributed by atoms with Gasteiger partial charge in [-0.25, -0.2) is 0 Å². The molecule has 0 aliphatic carbocycles. The SMILES string of the molecule is CCC(C)c1ccc(NC(=O)COc2c(OC)cccc2OC)cc1. The summed E-state index contributed by atoms with van der Waals surface area (Å²) in [5.74, 6) is 1.71. The molecule has 2 aromatic rings. The van der Waals surface area contributed by atoms with Gasteiger partial charge in [0.1, 0.15) is 0 Å². The normalized spacial score (nSPS) is 11.5. The van der Waals surface area contributed by atoms with Crippen molar-refractivity contribution in [2.75, 3.05) is 26.1 Å². The average Bonchev–Trinajstić information content (AvgIpc) is 2.65. The van der Waals surface area contributed by atoms with E-state index in [1.54, 1.807) is 32.4 Å². The number of hydrogen-bond acceptors (Lipinski definition) is 4. The summed E-state index contributed by atoms with van der Waals surface area (Å²) in [6, 6.07) is 13.2. The molecule has 0 aliphatic heterocycles. The zero-order valence-corrected chi connectivity index (χ0v) is 15.2. The lowest BCUT2D eigenvalue weighted by molar-refractivity contribution is -0.118. The molecule has 0 fully saturated rings. The highest BCUT2D eigenvalue weighted by molar-refractivity contribution is 5.91. The van der Waals surface area contributed by atoms with Crippen molar-refractivity contribution in [2.45, 2.75) is 26.2 Å². The van der Waals surface area contributed by atoms with Crippen molar-refractivity contribution in [3.63, 3.8) is 0 Å². The molecule has 5 nitrogen and oxygen atoms in total. The molecule has 1 N–H and O–H groups in total. The average molecular weight is 343 g/mol.